The molecule has 1 N–H and O–H groups in total. The summed E-state index contributed by atoms with van der Waals surface area (Å²) < 4.78 is 11.5. The summed E-state index contributed by atoms with van der Waals surface area (Å²) in [5.74, 6) is 1.48. The van der Waals surface area contributed by atoms with Crippen molar-refractivity contribution in [1.82, 2.24) is 4.98 Å². The number of carbonyl (C=O) groups excluding carboxylic acids is 1. The van der Waals surface area contributed by atoms with Crippen molar-refractivity contribution in [3.63, 3.8) is 0 Å². The summed E-state index contributed by atoms with van der Waals surface area (Å²) >= 11 is 1.51. The summed E-state index contributed by atoms with van der Waals surface area (Å²) in [6.07, 6.45) is 3.16. The number of nitrogens with zero attached hydrogens (tertiary/aromatic N) is 1. The first-order valence-electron chi connectivity index (χ1n) is 9.15. The Morgan fingerprint density at radius 2 is 2.00 bits per heavy atom. The van der Waals surface area contributed by atoms with Gasteiger partial charge in [0, 0.05) is 11.3 Å². The molecule has 0 saturated carbocycles. The molecular formula is C20H28N2O3S. The number of amides is 1. The van der Waals surface area contributed by atoms with Gasteiger partial charge in [-0.3, -0.25) is 4.79 Å². The van der Waals surface area contributed by atoms with Gasteiger partial charge in [0.1, 0.15) is 0 Å². The molecule has 1 amide bonds. The van der Waals surface area contributed by atoms with Crippen molar-refractivity contribution in [1.29, 1.82) is 0 Å². The monoisotopic (exact) mass is 376 g/mol. The van der Waals surface area contributed by atoms with Crippen molar-refractivity contribution in [3.05, 3.63) is 34.3 Å². The lowest BCUT2D eigenvalue weighted by Gasteiger charge is -2.13. The van der Waals surface area contributed by atoms with Gasteiger partial charge in [0.25, 0.3) is 0 Å². The van der Waals surface area contributed by atoms with E-state index in [0.29, 0.717) is 31.2 Å². The number of unbranched alkanes of at least 4 members (excludes halogenated alkanes) is 1. The van der Waals surface area contributed by atoms with Gasteiger partial charge < -0.3 is 14.8 Å². The van der Waals surface area contributed by atoms with Crippen molar-refractivity contribution in [2.75, 3.05) is 18.5 Å². The average molecular weight is 377 g/mol. The quantitative estimate of drug-likeness (QED) is 0.599. The predicted octanol–water partition coefficient (Wildman–Crippen LogP) is 4.91. The molecule has 26 heavy (non-hydrogen) atoms. The van der Waals surface area contributed by atoms with Crippen molar-refractivity contribution in [3.8, 4) is 11.5 Å². The fourth-order valence-corrected chi connectivity index (χ4v) is 3.22. The normalized spacial score (nSPS) is 10.6. The third-order valence-corrected chi connectivity index (χ3v) is 4.97. The van der Waals surface area contributed by atoms with E-state index in [2.05, 4.69) is 17.2 Å². The van der Waals surface area contributed by atoms with Gasteiger partial charge in [-0.05, 0) is 51.3 Å². The van der Waals surface area contributed by atoms with E-state index >= 15 is 0 Å². The summed E-state index contributed by atoms with van der Waals surface area (Å²) in [4.78, 5) is 17.6. The first-order valence-corrected chi connectivity index (χ1v) is 9.97. The number of rotatable bonds is 10. The number of aromatic nitrogens is 1. The van der Waals surface area contributed by atoms with Crippen molar-refractivity contribution >= 4 is 22.4 Å². The van der Waals surface area contributed by atoms with E-state index in [1.54, 1.807) is 0 Å². The number of benzene rings is 1. The number of anilines is 1. The molecule has 0 aliphatic heterocycles. The summed E-state index contributed by atoms with van der Waals surface area (Å²) in [6.45, 7) is 9.30. The van der Waals surface area contributed by atoms with Gasteiger partial charge >= 0.3 is 0 Å². The second-order valence-electron chi connectivity index (χ2n) is 6.12. The zero-order chi connectivity index (χ0) is 18.9. The van der Waals surface area contributed by atoms with Gasteiger partial charge in [-0.1, -0.05) is 19.4 Å². The van der Waals surface area contributed by atoms with Gasteiger partial charge in [0.2, 0.25) is 5.91 Å². The zero-order valence-corrected chi connectivity index (χ0v) is 16.9. The molecule has 0 fully saturated rings. The van der Waals surface area contributed by atoms with E-state index in [0.717, 1.165) is 40.5 Å². The van der Waals surface area contributed by atoms with Crippen LogP contribution in [0.3, 0.4) is 0 Å². The Balaban J connectivity index is 1.93. The van der Waals surface area contributed by atoms with Gasteiger partial charge in [0.05, 0.1) is 18.9 Å². The molecule has 5 nitrogen and oxygen atoms in total. The van der Waals surface area contributed by atoms with E-state index in [9.17, 15) is 4.79 Å². The van der Waals surface area contributed by atoms with Gasteiger partial charge in [-0.2, -0.15) is 0 Å². The number of thiazole rings is 1. The molecule has 0 saturated heterocycles. The number of hydrogen-bond donors (Lipinski definition) is 1. The lowest BCUT2D eigenvalue weighted by molar-refractivity contribution is -0.116. The van der Waals surface area contributed by atoms with Crippen molar-refractivity contribution in [2.24, 2.45) is 0 Å². The fourth-order valence-electron chi connectivity index (χ4n) is 2.39. The summed E-state index contributed by atoms with van der Waals surface area (Å²) in [6, 6.07) is 5.89. The number of aryl methyl sites for hydroxylation is 3. The Labute approximate surface area is 159 Å². The van der Waals surface area contributed by atoms with Crippen LogP contribution in [0.2, 0.25) is 0 Å². The molecule has 1 aromatic heterocycles. The van der Waals surface area contributed by atoms with Crippen LogP contribution in [0.4, 0.5) is 5.13 Å². The third kappa shape index (κ3) is 6.02. The molecule has 1 heterocycles. The minimum atomic E-state index is -0.0278. The molecule has 0 bridgehead atoms. The van der Waals surface area contributed by atoms with Gasteiger partial charge in [-0.15, -0.1) is 11.3 Å². The number of ether oxygens (including phenoxy) is 2. The summed E-state index contributed by atoms with van der Waals surface area (Å²) in [7, 11) is 0. The lowest BCUT2D eigenvalue weighted by atomic mass is 10.1. The average Bonchev–Trinajstić information content (AvgIpc) is 2.92. The second kappa shape index (κ2) is 10.2. The largest absolute Gasteiger partial charge is 0.490 e. The number of carbonyl (C=O) groups is 1. The van der Waals surface area contributed by atoms with E-state index in [-0.39, 0.29) is 5.91 Å². The van der Waals surface area contributed by atoms with Gasteiger partial charge in [-0.25, -0.2) is 4.98 Å². The Morgan fingerprint density at radius 1 is 1.19 bits per heavy atom. The zero-order valence-electron chi connectivity index (χ0n) is 16.1. The van der Waals surface area contributed by atoms with Crippen molar-refractivity contribution < 1.29 is 14.3 Å². The van der Waals surface area contributed by atoms with Gasteiger partial charge in [0.15, 0.2) is 16.6 Å². The van der Waals surface area contributed by atoms with Crippen LogP contribution < -0.4 is 14.8 Å². The smallest absolute Gasteiger partial charge is 0.226 e. The van der Waals surface area contributed by atoms with Crippen LogP contribution in [0.25, 0.3) is 0 Å². The van der Waals surface area contributed by atoms with Crippen LogP contribution >= 0.6 is 11.3 Å². The highest BCUT2D eigenvalue weighted by Crippen LogP contribution is 2.29. The minimum Gasteiger partial charge on any atom is -0.490 e. The van der Waals surface area contributed by atoms with Crippen LogP contribution in [0.15, 0.2) is 18.2 Å². The molecule has 2 aromatic rings. The highest BCUT2D eigenvalue weighted by Gasteiger charge is 2.10. The van der Waals surface area contributed by atoms with Crippen LogP contribution in [0.1, 0.15) is 49.2 Å². The van der Waals surface area contributed by atoms with Crippen LogP contribution in [0.5, 0.6) is 11.5 Å². The molecule has 2 rings (SSSR count). The minimum absolute atomic E-state index is 0.0278. The molecule has 0 aliphatic carbocycles. The van der Waals surface area contributed by atoms with Crippen LogP contribution in [-0.4, -0.2) is 24.1 Å². The lowest BCUT2D eigenvalue weighted by Crippen LogP contribution is -2.12. The van der Waals surface area contributed by atoms with E-state index in [1.165, 1.54) is 11.3 Å². The molecule has 0 radical (unpaired) electrons. The fraction of sp³-hybridized carbons (Fsp3) is 0.500. The predicted molar refractivity (Wildman–Crippen MR) is 107 cm³/mol. The highest BCUT2D eigenvalue weighted by atomic mass is 32.1. The molecule has 142 valence electrons. The molecule has 0 unspecified atom stereocenters. The maximum absolute atomic E-state index is 12.2. The maximum atomic E-state index is 12.2. The molecule has 0 aliphatic rings. The van der Waals surface area contributed by atoms with Crippen molar-refractivity contribution in [2.45, 2.75) is 53.4 Å². The number of hydrogen-bond acceptors (Lipinski definition) is 5. The first kappa shape index (κ1) is 20.2. The Hall–Kier alpha value is -2.08. The molecular weight excluding hydrogens is 348 g/mol. The second-order valence-corrected chi connectivity index (χ2v) is 7.33. The Kier molecular flexibility index (Phi) is 7.91. The molecule has 0 spiro atoms. The van der Waals surface area contributed by atoms with E-state index in [1.807, 2.05) is 39.0 Å². The Bertz CT molecular complexity index is 708. The SMILES string of the molecule is CCCCOc1ccc(CCC(=O)Nc2nc(C)c(C)s2)cc1OCC. The third-order valence-electron chi connectivity index (χ3n) is 3.98. The topological polar surface area (TPSA) is 60.5 Å². The first-order chi connectivity index (χ1) is 12.5. The van der Waals surface area contributed by atoms with Crippen LogP contribution in [0, 0.1) is 13.8 Å². The van der Waals surface area contributed by atoms with E-state index in [4.69, 9.17) is 9.47 Å². The molecule has 1 aromatic carbocycles. The maximum Gasteiger partial charge on any atom is 0.226 e. The number of nitrogens with one attached hydrogen (secondary N) is 1. The summed E-state index contributed by atoms with van der Waals surface area (Å²) in [5.41, 5.74) is 2.02. The van der Waals surface area contributed by atoms with E-state index < -0.39 is 0 Å². The summed E-state index contributed by atoms with van der Waals surface area (Å²) in [5, 5.41) is 3.54. The van der Waals surface area contributed by atoms with Crippen LogP contribution in [-0.2, 0) is 11.2 Å². The standard InChI is InChI=1S/C20H28N2O3S/c1-5-7-12-25-17-10-8-16(13-18(17)24-6-2)9-11-19(23)22-20-21-14(3)15(4)26-20/h8,10,13H,5-7,9,11-12H2,1-4H3,(H,21,22,23). The highest BCUT2D eigenvalue weighted by molar-refractivity contribution is 7.15. The molecule has 6 heteroatoms. The molecule has 0 atom stereocenters. The Morgan fingerprint density at radius 3 is 2.65 bits per heavy atom.